The van der Waals surface area contributed by atoms with Crippen LogP contribution in [0.15, 0.2) is 12.2 Å². The van der Waals surface area contributed by atoms with Crippen molar-refractivity contribution in [2.45, 2.75) is 94.1 Å². The highest BCUT2D eigenvalue weighted by molar-refractivity contribution is 5.87. The van der Waals surface area contributed by atoms with Crippen molar-refractivity contribution >= 4 is 5.97 Å². The van der Waals surface area contributed by atoms with Gasteiger partial charge in [0.1, 0.15) is 0 Å². The third-order valence-electron chi connectivity index (χ3n) is 6.21. The van der Waals surface area contributed by atoms with E-state index in [1.165, 1.54) is 0 Å². The van der Waals surface area contributed by atoms with Gasteiger partial charge in [0.2, 0.25) is 0 Å². The predicted octanol–water partition coefficient (Wildman–Crippen LogP) is 5.44. The molecule has 0 aromatic rings. The molecule has 0 radical (unpaired) electrons. The molecule has 180 valence electrons. The monoisotopic (exact) mass is 468 g/mol. The molecule has 4 nitrogen and oxygen atoms in total. The van der Waals surface area contributed by atoms with Crippen LogP contribution in [0, 0.1) is 5.92 Å². The molecule has 0 aromatic carbocycles. The molecule has 1 heterocycles. The third-order valence-corrected chi connectivity index (χ3v) is 6.21. The van der Waals surface area contributed by atoms with E-state index in [-0.39, 0.29) is 25.7 Å². The van der Waals surface area contributed by atoms with Gasteiger partial charge < -0.3 is 14.6 Å². The lowest BCUT2D eigenvalue weighted by Gasteiger charge is -2.59. The normalized spacial score (nSPS) is 34.9. The Morgan fingerprint density at radius 2 is 1.61 bits per heavy atom. The van der Waals surface area contributed by atoms with Crippen LogP contribution < -0.4 is 0 Å². The molecule has 12 heteroatoms. The molecule has 1 saturated carbocycles. The van der Waals surface area contributed by atoms with Gasteiger partial charge in [0.15, 0.2) is 11.2 Å². The molecule has 1 aliphatic heterocycles. The molecule has 3 unspecified atom stereocenters. The Hall–Kier alpha value is -1.43. The lowest BCUT2D eigenvalue weighted by molar-refractivity contribution is -0.524. The molecule has 31 heavy (non-hydrogen) atoms. The fourth-order valence-electron chi connectivity index (χ4n) is 4.41. The summed E-state index contributed by atoms with van der Waals surface area (Å²) in [5.41, 5.74) is -7.98. The van der Waals surface area contributed by atoms with Crippen molar-refractivity contribution in [1.29, 1.82) is 0 Å². The lowest BCUT2D eigenvalue weighted by Crippen LogP contribution is -2.80. The van der Waals surface area contributed by atoms with Gasteiger partial charge in [0.05, 0.1) is 0 Å². The largest absolute Gasteiger partial charge is 0.449 e. The quantitative estimate of drug-likeness (QED) is 0.339. The third kappa shape index (κ3) is 3.83. The van der Waals surface area contributed by atoms with Crippen LogP contribution in [-0.2, 0) is 14.3 Å². The topological polar surface area (TPSA) is 55.8 Å². The SMILES string of the molecule is C=C(C)C(=O)OC1(CC)CC(C2CCCCC2)(C(F)(F)F)OC(O)(C(F)(F)F)C1(F)F. The van der Waals surface area contributed by atoms with E-state index < -0.39 is 65.6 Å². The summed E-state index contributed by atoms with van der Waals surface area (Å²) in [6.45, 7) is 4.98. The van der Waals surface area contributed by atoms with Crippen LogP contribution >= 0.6 is 0 Å². The standard InChI is InChI=1S/C19H24F8O4/c1-4-14(30-13(28)11(2)3)10-15(18(22,23)24,12-8-6-5-7-9-12)31-17(29,16(14,20)21)19(25,26)27/h12,29H,2,4-10H2,1,3H3. The molecule has 1 N–H and O–H groups in total. The van der Waals surface area contributed by atoms with Crippen LogP contribution in [-0.4, -0.2) is 46.3 Å². The molecular formula is C19H24F8O4. The Morgan fingerprint density at radius 1 is 1.10 bits per heavy atom. The number of carbonyl (C=O) groups is 1. The molecule has 1 saturated heterocycles. The Bertz CT molecular complexity index is 713. The molecule has 3 atom stereocenters. The van der Waals surface area contributed by atoms with Crippen LogP contribution in [0.2, 0.25) is 0 Å². The maximum atomic E-state index is 15.2. The van der Waals surface area contributed by atoms with Crippen molar-refractivity contribution in [3.05, 3.63) is 12.2 Å². The molecule has 0 aromatic heterocycles. The predicted molar refractivity (Wildman–Crippen MR) is 90.9 cm³/mol. The fraction of sp³-hybridized carbons (Fsp3) is 0.842. The minimum Gasteiger partial charge on any atom is -0.449 e. The van der Waals surface area contributed by atoms with Gasteiger partial charge in [0, 0.05) is 12.0 Å². The van der Waals surface area contributed by atoms with Crippen molar-refractivity contribution in [1.82, 2.24) is 0 Å². The van der Waals surface area contributed by atoms with E-state index in [2.05, 4.69) is 16.1 Å². The van der Waals surface area contributed by atoms with E-state index >= 15 is 8.78 Å². The van der Waals surface area contributed by atoms with Crippen molar-refractivity contribution < 1.29 is 54.5 Å². The number of carbonyl (C=O) groups excluding carboxylic acids is 1. The average molecular weight is 468 g/mol. The van der Waals surface area contributed by atoms with Crippen LogP contribution in [0.1, 0.15) is 58.8 Å². The summed E-state index contributed by atoms with van der Waals surface area (Å²) in [5, 5.41) is 10.1. The van der Waals surface area contributed by atoms with Crippen molar-refractivity contribution in [3.63, 3.8) is 0 Å². The first-order chi connectivity index (χ1) is 13.9. The molecule has 2 rings (SSSR count). The molecule has 2 fully saturated rings. The Morgan fingerprint density at radius 3 is 2.00 bits per heavy atom. The Balaban J connectivity index is 2.82. The van der Waals surface area contributed by atoms with Crippen LogP contribution in [0.25, 0.3) is 0 Å². The van der Waals surface area contributed by atoms with Gasteiger partial charge in [-0.3, -0.25) is 0 Å². The maximum absolute atomic E-state index is 15.2. The Kier molecular flexibility index (Phi) is 6.55. The molecule has 0 bridgehead atoms. The van der Waals surface area contributed by atoms with Gasteiger partial charge in [-0.05, 0) is 32.1 Å². The molecule has 0 spiro atoms. The van der Waals surface area contributed by atoms with Gasteiger partial charge in [-0.25, -0.2) is 4.79 Å². The smallest absolute Gasteiger partial charge is 0.449 e. The second-order valence-electron chi connectivity index (χ2n) is 8.23. The van der Waals surface area contributed by atoms with Crippen molar-refractivity contribution in [2.75, 3.05) is 0 Å². The summed E-state index contributed by atoms with van der Waals surface area (Å²) >= 11 is 0. The zero-order chi connectivity index (χ0) is 24.1. The summed E-state index contributed by atoms with van der Waals surface area (Å²) in [4.78, 5) is 12.0. The molecule has 2 aliphatic rings. The second-order valence-corrected chi connectivity index (χ2v) is 8.23. The number of hydrogen-bond acceptors (Lipinski definition) is 4. The molecule has 0 amide bonds. The number of hydrogen-bond donors (Lipinski definition) is 1. The highest BCUT2D eigenvalue weighted by Gasteiger charge is 2.87. The van der Waals surface area contributed by atoms with Gasteiger partial charge in [-0.15, -0.1) is 0 Å². The van der Waals surface area contributed by atoms with E-state index in [0.717, 1.165) is 13.8 Å². The van der Waals surface area contributed by atoms with Crippen molar-refractivity contribution in [3.8, 4) is 0 Å². The van der Waals surface area contributed by atoms with Crippen molar-refractivity contribution in [2.24, 2.45) is 5.92 Å². The first-order valence-corrected chi connectivity index (χ1v) is 9.73. The van der Waals surface area contributed by atoms with E-state index in [4.69, 9.17) is 0 Å². The lowest BCUT2D eigenvalue weighted by atomic mass is 9.65. The number of halogens is 8. The number of alkyl halides is 8. The van der Waals surface area contributed by atoms with E-state index in [9.17, 15) is 36.2 Å². The zero-order valence-electron chi connectivity index (χ0n) is 16.9. The minimum atomic E-state index is -6.34. The van der Waals surface area contributed by atoms with Gasteiger partial charge in [-0.1, -0.05) is 32.8 Å². The maximum Gasteiger partial charge on any atom is 0.449 e. The Labute approximate surface area is 173 Å². The molecule has 1 aliphatic carbocycles. The number of rotatable bonds is 4. The second kappa shape index (κ2) is 7.86. The zero-order valence-corrected chi connectivity index (χ0v) is 16.9. The van der Waals surface area contributed by atoms with Gasteiger partial charge in [0.25, 0.3) is 0 Å². The van der Waals surface area contributed by atoms with E-state index in [0.29, 0.717) is 6.42 Å². The van der Waals surface area contributed by atoms with Crippen LogP contribution in [0.3, 0.4) is 0 Å². The van der Waals surface area contributed by atoms with Gasteiger partial charge >= 0.3 is 30.0 Å². The summed E-state index contributed by atoms with van der Waals surface area (Å²) in [7, 11) is 0. The van der Waals surface area contributed by atoms with E-state index in [1.54, 1.807) is 0 Å². The van der Waals surface area contributed by atoms with Gasteiger partial charge in [-0.2, -0.15) is 35.1 Å². The van der Waals surface area contributed by atoms with E-state index in [1.807, 2.05) is 0 Å². The van der Waals surface area contributed by atoms with Crippen LogP contribution in [0.4, 0.5) is 35.1 Å². The number of esters is 1. The first-order valence-electron chi connectivity index (χ1n) is 9.73. The highest BCUT2D eigenvalue weighted by Crippen LogP contribution is 2.64. The van der Waals surface area contributed by atoms with Crippen LogP contribution in [0.5, 0.6) is 0 Å². The number of ether oxygens (including phenoxy) is 2. The minimum absolute atomic E-state index is 0.206. The summed E-state index contributed by atoms with van der Waals surface area (Å²) in [6.07, 6.45) is -14.5. The highest BCUT2D eigenvalue weighted by atomic mass is 19.4. The summed E-state index contributed by atoms with van der Waals surface area (Å²) in [5.74, 6) is -14.3. The first kappa shape index (κ1) is 25.8. The molecular weight excluding hydrogens is 444 g/mol. The average Bonchev–Trinajstić information content (AvgIpc) is 2.64. The summed E-state index contributed by atoms with van der Waals surface area (Å²) < 4.78 is 123. The summed E-state index contributed by atoms with van der Waals surface area (Å²) in [6, 6.07) is 0. The fourth-order valence-corrected chi connectivity index (χ4v) is 4.41. The number of aliphatic hydroxyl groups is 1.